The normalized spacial score (nSPS) is 12.1. The van der Waals surface area contributed by atoms with Crippen molar-refractivity contribution in [2.24, 2.45) is 0 Å². The third-order valence-electron chi connectivity index (χ3n) is 5.44. The molecule has 0 aliphatic carbocycles. The Morgan fingerprint density at radius 2 is 1.50 bits per heavy atom. The minimum absolute atomic E-state index is 0.0116. The second kappa shape index (κ2) is 8.41. The number of hydrogen-bond donors (Lipinski definition) is 1. The van der Waals surface area contributed by atoms with Crippen molar-refractivity contribution in [3.8, 4) is 5.75 Å². The molecule has 0 saturated carbocycles. The van der Waals surface area contributed by atoms with Crippen LogP contribution in [0.1, 0.15) is 24.9 Å². The van der Waals surface area contributed by atoms with Gasteiger partial charge in [0.2, 0.25) is 5.91 Å². The van der Waals surface area contributed by atoms with Crippen molar-refractivity contribution in [1.29, 1.82) is 0 Å². The van der Waals surface area contributed by atoms with E-state index in [1.54, 1.807) is 7.11 Å². The summed E-state index contributed by atoms with van der Waals surface area (Å²) in [6.45, 7) is 2.17. The average Bonchev–Trinajstić information content (AvgIpc) is 2.80. The van der Waals surface area contributed by atoms with Gasteiger partial charge in [-0.15, -0.1) is 0 Å². The van der Waals surface area contributed by atoms with Crippen LogP contribution in [-0.4, -0.2) is 17.6 Å². The van der Waals surface area contributed by atoms with E-state index in [4.69, 9.17) is 4.74 Å². The summed E-state index contributed by atoms with van der Waals surface area (Å²) < 4.78 is 7.14. The Morgan fingerprint density at radius 3 is 2.03 bits per heavy atom. The molecule has 5 nitrogen and oxygen atoms in total. The largest absolute Gasteiger partial charge is 0.497 e. The SMILES string of the molecule is CCC(NC(=O)Cn1c2ccccc2c(=O)c2ccccc21)c1ccc(OC)cc1. The molecule has 0 bridgehead atoms. The molecule has 4 rings (SSSR count). The lowest BCUT2D eigenvalue weighted by molar-refractivity contribution is -0.122. The van der Waals surface area contributed by atoms with E-state index in [1.807, 2.05) is 84.3 Å². The smallest absolute Gasteiger partial charge is 0.240 e. The van der Waals surface area contributed by atoms with E-state index in [9.17, 15) is 9.59 Å². The van der Waals surface area contributed by atoms with Gasteiger partial charge in [-0.25, -0.2) is 0 Å². The molecule has 0 aliphatic heterocycles. The van der Waals surface area contributed by atoms with Gasteiger partial charge in [-0.05, 0) is 48.4 Å². The number of methoxy groups -OCH3 is 1. The molecule has 0 saturated heterocycles. The molecule has 1 N–H and O–H groups in total. The minimum Gasteiger partial charge on any atom is -0.497 e. The summed E-state index contributed by atoms with van der Waals surface area (Å²) in [5.41, 5.74) is 2.53. The van der Waals surface area contributed by atoms with Gasteiger partial charge >= 0.3 is 0 Å². The van der Waals surface area contributed by atoms with Crippen LogP contribution in [-0.2, 0) is 11.3 Å². The first kappa shape index (κ1) is 19.7. The predicted molar refractivity (Wildman–Crippen MR) is 120 cm³/mol. The van der Waals surface area contributed by atoms with Gasteiger partial charge in [-0.2, -0.15) is 0 Å². The van der Waals surface area contributed by atoms with Crippen LogP contribution < -0.4 is 15.5 Å². The molecule has 3 aromatic carbocycles. The number of amides is 1. The van der Waals surface area contributed by atoms with Crippen LogP contribution in [0.15, 0.2) is 77.6 Å². The number of pyridine rings is 1. The maximum Gasteiger partial charge on any atom is 0.240 e. The zero-order valence-electron chi connectivity index (χ0n) is 17.1. The number of carbonyl (C=O) groups is 1. The predicted octanol–water partition coefficient (Wildman–Crippen LogP) is 4.43. The van der Waals surface area contributed by atoms with Gasteiger partial charge in [0.25, 0.3) is 0 Å². The van der Waals surface area contributed by atoms with Crippen molar-refractivity contribution in [1.82, 2.24) is 9.88 Å². The van der Waals surface area contributed by atoms with Crippen LogP contribution in [0.4, 0.5) is 0 Å². The number of benzene rings is 3. The summed E-state index contributed by atoms with van der Waals surface area (Å²) in [4.78, 5) is 25.9. The van der Waals surface area contributed by atoms with E-state index < -0.39 is 0 Å². The number of rotatable bonds is 6. The number of para-hydroxylation sites is 2. The lowest BCUT2D eigenvalue weighted by atomic mass is 10.0. The highest BCUT2D eigenvalue weighted by molar-refractivity contribution is 5.94. The summed E-state index contributed by atoms with van der Waals surface area (Å²) in [5, 5.41) is 4.37. The average molecular weight is 400 g/mol. The number of fused-ring (bicyclic) bond motifs is 2. The number of hydrogen-bond acceptors (Lipinski definition) is 3. The fourth-order valence-electron chi connectivity index (χ4n) is 3.89. The fraction of sp³-hybridized carbons (Fsp3) is 0.200. The second-order valence-corrected chi connectivity index (χ2v) is 7.25. The molecular weight excluding hydrogens is 376 g/mol. The summed E-state index contributed by atoms with van der Waals surface area (Å²) in [7, 11) is 1.63. The zero-order chi connectivity index (χ0) is 21.1. The Morgan fingerprint density at radius 1 is 0.933 bits per heavy atom. The van der Waals surface area contributed by atoms with Crippen LogP contribution in [0, 0.1) is 0 Å². The standard InChI is InChI=1S/C25H24N2O3/c1-3-21(17-12-14-18(30-2)15-13-17)26-24(28)16-27-22-10-6-4-8-19(22)25(29)20-9-5-7-11-23(20)27/h4-15,21H,3,16H2,1-2H3,(H,26,28). The second-order valence-electron chi connectivity index (χ2n) is 7.25. The van der Waals surface area contributed by atoms with E-state index in [1.165, 1.54) is 0 Å². The Labute approximate surface area is 174 Å². The molecular formula is C25H24N2O3. The molecule has 0 radical (unpaired) electrons. The van der Waals surface area contributed by atoms with Crippen molar-refractivity contribution >= 4 is 27.7 Å². The summed E-state index contributed by atoms with van der Waals surface area (Å²) in [6, 6.07) is 22.5. The highest BCUT2D eigenvalue weighted by Crippen LogP contribution is 2.22. The van der Waals surface area contributed by atoms with Gasteiger partial charge in [-0.3, -0.25) is 9.59 Å². The quantitative estimate of drug-likeness (QED) is 0.487. The Bertz CT molecular complexity index is 1200. The zero-order valence-corrected chi connectivity index (χ0v) is 17.1. The molecule has 1 unspecified atom stereocenters. The third-order valence-corrected chi connectivity index (χ3v) is 5.44. The molecule has 152 valence electrons. The van der Waals surface area contributed by atoms with Gasteiger partial charge in [0.05, 0.1) is 24.2 Å². The van der Waals surface area contributed by atoms with E-state index >= 15 is 0 Å². The Balaban J connectivity index is 1.68. The molecule has 1 amide bonds. The third kappa shape index (κ3) is 3.66. The van der Waals surface area contributed by atoms with Crippen molar-refractivity contribution in [3.05, 3.63) is 88.6 Å². The first-order chi connectivity index (χ1) is 14.6. The molecule has 0 spiro atoms. The molecule has 1 atom stereocenters. The van der Waals surface area contributed by atoms with Crippen molar-refractivity contribution in [3.63, 3.8) is 0 Å². The number of aromatic nitrogens is 1. The fourth-order valence-corrected chi connectivity index (χ4v) is 3.89. The first-order valence-electron chi connectivity index (χ1n) is 10.1. The minimum atomic E-state index is -0.100. The summed E-state index contributed by atoms with van der Waals surface area (Å²) in [6.07, 6.45) is 0.768. The molecule has 4 aromatic rings. The van der Waals surface area contributed by atoms with E-state index in [0.29, 0.717) is 10.8 Å². The molecule has 0 fully saturated rings. The van der Waals surface area contributed by atoms with Gasteiger partial charge in [0, 0.05) is 10.8 Å². The van der Waals surface area contributed by atoms with Crippen molar-refractivity contribution < 1.29 is 9.53 Å². The number of nitrogens with zero attached hydrogens (tertiary/aromatic N) is 1. The van der Waals surface area contributed by atoms with Crippen LogP contribution >= 0.6 is 0 Å². The lowest BCUT2D eigenvalue weighted by Crippen LogP contribution is -2.32. The maximum atomic E-state index is 13.0. The van der Waals surface area contributed by atoms with E-state index in [0.717, 1.165) is 28.8 Å². The Hall–Kier alpha value is -3.60. The number of carbonyl (C=O) groups excluding carboxylic acids is 1. The lowest BCUT2D eigenvalue weighted by Gasteiger charge is -2.20. The van der Waals surface area contributed by atoms with Gasteiger partial charge in [0.1, 0.15) is 12.3 Å². The van der Waals surface area contributed by atoms with Crippen molar-refractivity contribution in [2.75, 3.05) is 7.11 Å². The first-order valence-corrected chi connectivity index (χ1v) is 10.1. The monoisotopic (exact) mass is 400 g/mol. The summed E-state index contributed by atoms with van der Waals surface area (Å²) >= 11 is 0. The van der Waals surface area contributed by atoms with Gasteiger partial charge < -0.3 is 14.6 Å². The molecule has 5 heteroatoms. The van der Waals surface area contributed by atoms with Crippen LogP contribution in [0.5, 0.6) is 5.75 Å². The molecule has 1 aromatic heterocycles. The highest BCUT2D eigenvalue weighted by atomic mass is 16.5. The number of nitrogens with one attached hydrogen (secondary N) is 1. The van der Waals surface area contributed by atoms with Crippen LogP contribution in [0.3, 0.4) is 0 Å². The van der Waals surface area contributed by atoms with Crippen LogP contribution in [0.2, 0.25) is 0 Å². The maximum absolute atomic E-state index is 13.0. The van der Waals surface area contributed by atoms with Gasteiger partial charge in [0.15, 0.2) is 5.43 Å². The Kier molecular flexibility index (Phi) is 5.53. The summed E-state index contributed by atoms with van der Waals surface area (Å²) in [5.74, 6) is 0.683. The van der Waals surface area contributed by atoms with Crippen molar-refractivity contribution in [2.45, 2.75) is 25.9 Å². The number of ether oxygens (including phenoxy) is 1. The van der Waals surface area contributed by atoms with Crippen LogP contribution in [0.25, 0.3) is 21.8 Å². The van der Waals surface area contributed by atoms with E-state index in [-0.39, 0.29) is 23.9 Å². The molecule has 0 aliphatic rings. The highest BCUT2D eigenvalue weighted by Gasteiger charge is 2.16. The van der Waals surface area contributed by atoms with Gasteiger partial charge in [-0.1, -0.05) is 43.3 Å². The molecule has 1 heterocycles. The molecule has 30 heavy (non-hydrogen) atoms. The topological polar surface area (TPSA) is 60.3 Å². The van der Waals surface area contributed by atoms with E-state index in [2.05, 4.69) is 5.32 Å².